The van der Waals surface area contributed by atoms with E-state index >= 15 is 0 Å². The Bertz CT molecular complexity index is 2540. The van der Waals surface area contributed by atoms with Crippen LogP contribution in [0.4, 0.5) is 0 Å². The summed E-state index contributed by atoms with van der Waals surface area (Å²) in [7, 11) is -10.00. The molecular weight excluding hydrogens is 1350 g/mol. The first kappa shape index (κ1) is 98.9. The van der Waals surface area contributed by atoms with Crippen LogP contribution in [0.2, 0.25) is 0 Å². The summed E-state index contributed by atoms with van der Waals surface area (Å²) in [4.78, 5) is 73.0. The molecular formula is C85H142O17P2. The van der Waals surface area contributed by atoms with E-state index in [9.17, 15) is 43.2 Å². The lowest BCUT2D eigenvalue weighted by molar-refractivity contribution is -0.161. The minimum Gasteiger partial charge on any atom is -0.462 e. The number of carbonyl (C=O) groups excluding carboxylic acids is 4. The summed E-state index contributed by atoms with van der Waals surface area (Å²) >= 11 is 0. The molecule has 0 rings (SSSR count). The topological polar surface area (TPSA) is 237 Å². The van der Waals surface area contributed by atoms with Gasteiger partial charge >= 0.3 is 39.5 Å². The first-order chi connectivity index (χ1) is 50.7. The van der Waals surface area contributed by atoms with Crippen molar-refractivity contribution in [2.75, 3.05) is 39.6 Å². The van der Waals surface area contributed by atoms with E-state index < -0.39 is 97.5 Å². The minimum atomic E-state index is -5.00. The smallest absolute Gasteiger partial charge is 0.462 e. The second-order valence-corrected chi connectivity index (χ2v) is 29.1. The fraction of sp³-hybridized carbons (Fsp3) is 0.671. The molecule has 0 saturated heterocycles. The third kappa shape index (κ3) is 75.2. The lowest BCUT2D eigenvalue weighted by atomic mass is 10.1. The number of unbranched alkanes of at least 4 members (excludes halogenated alkanes) is 24. The van der Waals surface area contributed by atoms with E-state index in [1.165, 1.54) is 57.8 Å². The summed E-state index contributed by atoms with van der Waals surface area (Å²) in [6, 6.07) is 0. The zero-order valence-corrected chi connectivity index (χ0v) is 66.7. The van der Waals surface area contributed by atoms with E-state index in [-0.39, 0.29) is 25.7 Å². The zero-order chi connectivity index (χ0) is 76.0. The van der Waals surface area contributed by atoms with Gasteiger partial charge in [0.25, 0.3) is 0 Å². The first-order valence-corrected chi connectivity index (χ1v) is 43.1. The van der Waals surface area contributed by atoms with E-state index in [0.717, 1.165) is 167 Å². The molecule has 0 aromatic rings. The summed E-state index contributed by atoms with van der Waals surface area (Å²) in [5.74, 6) is -2.32. The number of carbonyl (C=O) groups is 4. The van der Waals surface area contributed by atoms with Crippen molar-refractivity contribution in [2.24, 2.45) is 0 Å². The van der Waals surface area contributed by atoms with Crippen molar-refractivity contribution >= 4 is 39.5 Å². The number of esters is 4. The molecule has 594 valence electrons. The van der Waals surface area contributed by atoms with Crippen LogP contribution in [0, 0.1) is 0 Å². The van der Waals surface area contributed by atoms with Gasteiger partial charge in [0.1, 0.15) is 19.3 Å². The molecule has 19 heteroatoms. The number of aliphatic hydroxyl groups is 1. The summed E-state index contributed by atoms with van der Waals surface area (Å²) in [5.41, 5.74) is 0. The molecule has 0 saturated carbocycles. The fourth-order valence-electron chi connectivity index (χ4n) is 10.2. The Kier molecular flexibility index (Phi) is 72.4. The Balaban J connectivity index is 5.46. The maximum atomic E-state index is 13.1. The van der Waals surface area contributed by atoms with Crippen LogP contribution in [0.5, 0.6) is 0 Å². The maximum absolute atomic E-state index is 13.1. The van der Waals surface area contributed by atoms with Crippen molar-refractivity contribution < 1.29 is 80.2 Å². The Labute approximate surface area is 630 Å². The molecule has 3 N–H and O–H groups in total. The van der Waals surface area contributed by atoms with Crippen LogP contribution in [-0.4, -0.2) is 96.7 Å². The Morgan fingerprint density at radius 3 is 0.856 bits per heavy atom. The van der Waals surface area contributed by atoms with E-state index in [0.29, 0.717) is 32.1 Å². The largest absolute Gasteiger partial charge is 0.472 e. The van der Waals surface area contributed by atoms with Gasteiger partial charge in [-0.05, 0) is 154 Å². The zero-order valence-electron chi connectivity index (χ0n) is 64.9. The van der Waals surface area contributed by atoms with Crippen molar-refractivity contribution in [3.8, 4) is 0 Å². The van der Waals surface area contributed by atoms with Gasteiger partial charge in [-0.15, -0.1) is 0 Å². The molecule has 17 nitrogen and oxygen atoms in total. The average Bonchev–Trinajstić information content (AvgIpc) is 0.918. The number of phosphoric ester groups is 2. The number of hydrogen-bond acceptors (Lipinski definition) is 15. The molecule has 0 heterocycles. The van der Waals surface area contributed by atoms with Crippen LogP contribution in [0.15, 0.2) is 146 Å². The van der Waals surface area contributed by atoms with Crippen molar-refractivity contribution in [3.63, 3.8) is 0 Å². The molecule has 0 amide bonds. The number of aliphatic hydroxyl groups excluding tert-OH is 1. The SMILES string of the molecule is CC/C=C\C/C=C\C/C=C\C/C=C\C/C=C\C/C=C\CCC(=O)OCC(COP(=O)(O)OCC(O)COP(=O)(O)OCC(COC(=O)CCCCCCC/C=C\C/C=C\C/C=C\CC)OC(=O)CCCCCCC/C=C\C/C=C\CCCCC)OC(=O)CCCCCCC/C=C\CCCCCCCC. The van der Waals surface area contributed by atoms with Gasteiger partial charge in [-0.2, -0.15) is 0 Å². The molecule has 0 fully saturated rings. The van der Waals surface area contributed by atoms with Gasteiger partial charge < -0.3 is 33.8 Å². The van der Waals surface area contributed by atoms with E-state index in [1.54, 1.807) is 0 Å². The minimum absolute atomic E-state index is 0.0309. The molecule has 0 aromatic heterocycles. The van der Waals surface area contributed by atoms with Gasteiger partial charge in [-0.25, -0.2) is 9.13 Å². The Morgan fingerprint density at radius 2 is 0.519 bits per heavy atom. The van der Waals surface area contributed by atoms with Gasteiger partial charge in [0.2, 0.25) is 0 Å². The highest BCUT2D eigenvalue weighted by molar-refractivity contribution is 7.47. The lowest BCUT2D eigenvalue weighted by Crippen LogP contribution is -2.30. The van der Waals surface area contributed by atoms with Gasteiger partial charge in [0.05, 0.1) is 26.4 Å². The summed E-state index contributed by atoms with van der Waals surface area (Å²) in [6.45, 7) is 4.49. The molecule has 0 spiro atoms. The third-order valence-corrected chi connectivity index (χ3v) is 18.2. The lowest BCUT2D eigenvalue weighted by Gasteiger charge is -2.21. The molecule has 0 bridgehead atoms. The predicted octanol–water partition coefficient (Wildman–Crippen LogP) is 23.4. The Hall–Kier alpha value is -5.06. The molecule has 5 unspecified atom stereocenters. The Morgan fingerprint density at radius 1 is 0.279 bits per heavy atom. The standard InChI is InChI=1S/C85H142O17P2/c1-5-9-13-17-21-25-29-33-37-38-39-40-44-46-50-54-58-62-66-70-83(88)96-76-81(102-85(90)72-68-64-60-56-52-48-43-36-32-28-24-20-16-12-8-4)78-100-104(93,94)98-74-79(86)73-97-103(91,92)99-77-80(101-84(89)71-67-63-59-55-51-47-42-35-31-27-23-19-15-11-7-3)75-95-82(87)69-65-61-57-53-49-45-41-34-30-26-22-18-14-10-6-2/h9-10,13-14,21-23,25-27,33-37,39-43,46,50,58,62,79-81,86H,5-8,11-12,15-20,24,28-32,38,44-45,47-49,51-57,59-61,63-78H2,1-4H3,(H,91,92)(H,93,94)/b13-9-,14-10-,25-21-,26-22-,27-23-,37-33-,40-39-,41-34-,42-35-,43-36-,50-46-,62-58-. The summed E-state index contributed by atoms with van der Waals surface area (Å²) in [6.07, 6.45) is 86.9. The van der Waals surface area contributed by atoms with Crippen LogP contribution >= 0.6 is 15.6 Å². The van der Waals surface area contributed by atoms with Crippen molar-refractivity contribution in [1.82, 2.24) is 0 Å². The average molecular weight is 1500 g/mol. The fourth-order valence-corrected chi connectivity index (χ4v) is 11.8. The number of allylic oxidation sites excluding steroid dienone is 24. The van der Waals surface area contributed by atoms with Crippen LogP contribution in [-0.2, 0) is 65.4 Å². The van der Waals surface area contributed by atoms with Crippen LogP contribution in [0.25, 0.3) is 0 Å². The van der Waals surface area contributed by atoms with E-state index in [2.05, 4.69) is 155 Å². The van der Waals surface area contributed by atoms with Crippen molar-refractivity contribution in [2.45, 2.75) is 329 Å². The molecule has 0 aromatic carbocycles. The van der Waals surface area contributed by atoms with Crippen LogP contribution in [0.3, 0.4) is 0 Å². The van der Waals surface area contributed by atoms with E-state index in [1.807, 2.05) is 18.2 Å². The van der Waals surface area contributed by atoms with Gasteiger partial charge in [-0.3, -0.25) is 37.3 Å². The highest BCUT2D eigenvalue weighted by Crippen LogP contribution is 2.45. The van der Waals surface area contributed by atoms with E-state index in [4.69, 9.17) is 37.0 Å². The highest BCUT2D eigenvalue weighted by Gasteiger charge is 2.30. The van der Waals surface area contributed by atoms with Crippen LogP contribution < -0.4 is 0 Å². The third-order valence-electron chi connectivity index (χ3n) is 16.3. The molecule has 0 aliphatic heterocycles. The van der Waals surface area contributed by atoms with Crippen molar-refractivity contribution in [1.29, 1.82) is 0 Å². The quantitative estimate of drug-likeness (QED) is 0.0169. The number of phosphoric acid groups is 2. The van der Waals surface area contributed by atoms with Gasteiger partial charge in [0.15, 0.2) is 12.2 Å². The maximum Gasteiger partial charge on any atom is 0.472 e. The molecule has 0 aliphatic rings. The number of hydrogen-bond donors (Lipinski definition) is 3. The molecule has 0 radical (unpaired) electrons. The van der Waals surface area contributed by atoms with Gasteiger partial charge in [-0.1, -0.05) is 276 Å². The second kappa shape index (κ2) is 76.1. The molecule has 5 atom stereocenters. The predicted molar refractivity (Wildman–Crippen MR) is 427 cm³/mol. The van der Waals surface area contributed by atoms with Crippen molar-refractivity contribution in [3.05, 3.63) is 146 Å². The first-order valence-electron chi connectivity index (χ1n) is 40.1. The monoisotopic (exact) mass is 1500 g/mol. The van der Waals surface area contributed by atoms with Gasteiger partial charge in [0, 0.05) is 25.7 Å². The number of ether oxygens (including phenoxy) is 4. The summed E-state index contributed by atoms with van der Waals surface area (Å²) in [5, 5.41) is 10.6. The van der Waals surface area contributed by atoms with Crippen LogP contribution in [0.1, 0.15) is 310 Å². The normalized spacial score (nSPS) is 14.6. The second-order valence-electron chi connectivity index (χ2n) is 26.2. The molecule has 0 aliphatic carbocycles. The highest BCUT2D eigenvalue weighted by atomic mass is 31.2. The molecule has 104 heavy (non-hydrogen) atoms. The summed E-state index contributed by atoms with van der Waals surface area (Å²) < 4.78 is 68.5. The number of rotatable bonds is 74.